The van der Waals surface area contributed by atoms with Gasteiger partial charge in [0.05, 0.1) is 23.3 Å². The van der Waals surface area contributed by atoms with Crippen molar-refractivity contribution in [1.82, 2.24) is 4.72 Å². The van der Waals surface area contributed by atoms with Crippen LogP contribution in [0.4, 0.5) is 5.69 Å². The van der Waals surface area contributed by atoms with Gasteiger partial charge in [0.15, 0.2) is 5.76 Å². The summed E-state index contributed by atoms with van der Waals surface area (Å²) in [7, 11) is -3.82. The molecule has 2 unspecified atom stereocenters. The van der Waals surface area contributed by atoms with Gasteiger partial charge < -0.3 is 14.7 Å². The van der Waals surface area contributed by atoms with E-state index < -0.39 is 22.0 Å². The first-order chi connectivity index (χ1) is 14.4. The summed E-state index contributed by atoms with van der Waals surface area (Å²) in [5, 5.41) is 8.87. The molecule has 1 fully saturated rings. The maximum atomic E-state index is 13.3. The lowest BCUT2D eigenvalue weighted by molar-refractivity contribution is -0.131. The maximum absolute atomic E-state index is 13.3. The summed E-state index contributed by atoms with van der Waals surface area (Å²) in [5.74, 6) is -0.989. The molecule has 0 spiro atoms. The van der Waals surface area contributed by atoms with Crippen LogP contribution in [0.3, 0.4) is 0 Å². The third-order valence-electron chi connectivity index (χ3n) is 5.04. The average molecular weight is 451 g/mol. The molecule has 2 heterocycles. The molecule has 9 heteroatoms. The number of aliphatic carboxylic acids is 1. The molecule has 2 aliphatic rings. The predicted octanol–water partition coefficient (Wildman–Crippen LogP) is 3.79. The number of hydrogen-bond acceptors (Lipinski definition) is 6. The Morgan fingerprint density at radius 3 is 2.73 bits per heavy atom. The fourth-order valence-corrected chi connectivity index (χ4v) is 6.08. The minimum atomic E-state index is -3.82. The lowest BCUT2D eigenvalue weighted by Crippen LogP contribution is -2.52. The van der Waals surface area contributed by atoms with Crippen LogP contribution < -0.4 is 9.62 Å². The molecule has 30 heavy (non-hydrogen) atoms. The summed E-state index contributed by atoms with van der Waals surface area (Å²) in [6.45, 7) is 2.08. The van der Waals surface area contributed by atoms with Crippen molar-refractivity contribution < 1.29 is 23.1 Å². The number of sulfonamides is 1. The molecule has 0 bridgehead atoms. The van der Waals surface area contributed by atoms with E-state index in [1.807, 2.05) is 47.7 Å². The fraction of sp³-hybridized carbons (Fsp3) is 0.381. The van der Waals surface area contributed by atoms with Crippen molar-refractivity contribution >= 4 is 33.4 Å². The molecule has 2 aliphatic heterocycles. The number of ether oxygens (including phenoxy) is 1. The monoisotopic (exact) mass is 450 g/mol. The molecule has 0 radical (unpaired) electrons. The fourth-order valence-electron chi connectivity index (χ4n) is 3.70. The van der Waals surface area contributed by atoms with Gasteiger partial charge in [-0.2, -0.15) is 0 Å². The number of unbranched alkanes of at least 4 members (excludes halogenated alkanes) is 1. The first kappa shape index (κ1) is 22.5. The Kier molecular flexibility index (Phi) is 7.27. The minimum absolute atomic E-state index is 0.140. The number of fused-ring (bicyclic) bond motifs is 1. The molecular formula is C21H26N2O5S2. The van der Waals surface area contributed by atoms with E-state index >= 15 is 0 Å². The van der Waals surface area contributed by atoms with Crippen molar-refractivity contribution in [2.75, 3.05) is 11.2 Å². The molecule has 0 aliphatic carbocycles. The first-order valence-corrected chi connectivity index (χ1v) is 12.5. The molecule has 2 atom stereocenters. The summed E-state index contributed by atoms with van der Waals surface area (Å²) in [6.07, 6.45) is 8.84. The van der Waals surface area contributed by atoms with Crippen LogP contribution in [0.1, 0.15) is 32.6 Å². The number of nitrogens with one attached hydrogen (secondary N) is 1. The second kappa shape index (κ2) is 9.72. The number of nitrogens with zero attached hydrogens (tertiary/aromatic N) is 1. The maximum Gasteiger partial charge on any atom is 0.331 e. The summed E-state index contributed by atoms with van der Waals surface area (Å²) < 4.78 is 35.0. The van der Waals surface area contributed by atoms with E-state index in [-0.39, 0.29) is 16.7 Å². The normalized spacial score (nSPS) is 23.3. The van der Waals surface area contributed by atoms with Gasteiger partial charge in [0.25, 0.3) is 0 Å². The lowest BCUT2D eigenvalue weighted by atomic mass is 9.98. The Morgan fingerprint density at radius 2 is 2.10 bits per heavy atom. The van der Waals surface area contributed by atoms with Crippen molar-refractivity contribution in [3.63, 3.8) is 0 Å². The molecule has 0 aromatic heterocycles. The third-order valence-corrected chi connectivity index (χ3v) is 7.45. The van der Waals surface area contributed by atoms with E-state index in [0.717, 1.165) is 37.3 Å². The number of thioether (sulfide) groups is 1. The molecule has 7 nitrogen and oxygen atoms in total. The highest BCUT2D eigenvalue weighted by atomic mass is 32.2. The van der Waals surface area contributed by atoms with E-state index in [0.29, 0.717) is 11.3 Å². The van der Waals surface area contributed by atoms with Crippen molar-refractivity contribution in [3.8, 4) is 0 Å². The quantitative estimate of drug-likeness (QED) is 0.459. The zero-order valence-corrected chi connectivity index (χ0v) is 18.6. The van der Waals surface area contributed by atoms with E-state index in [4.69, 9.17) is 9.84 Å². The van der Waals surface area contributed by atoms with Crippen LogP contribution in [0, 0.1) is 0 Å². The number of benzene rings is 1. The summed E-state index contributed by atoms with van der Waals surface area (Å²) >= 11 is 1.35. The topological polar surface area (TPSA) is 95.9 Å². The van der Waals surface area contributed by atoms with Crippen molar-refractivity contribution in [2.24, 2.45) is 0 Å². The second-order valence-corrected chi connectivity index (χ2v) is 9.63. The first-order valence-electron chi connectivity index (χ1n) is 9.79. The molecule has 0 saturated carbocycles. The highest BCUT2D eigenvalue weighted by Gasteiger charge is 2.44. The SMILES string of the molecule is CCCCC1CC2C(=C(O/C=C/C(=O)O)C(SC)=CN2c2ccccc2)S(=O)(=O)N1. The predicted molar refractivity (Wildman–Crippen MR) is 119 cm³/mol. The van der Waals surface area contributed by atoms with Crippen LogP contribution in [-0.4, -0.2) is 37.8 Å². The van der Waals surface area contributed by atoms with Gasteiger partial charge in [0.2, 0.25) is 10.0 Å². The standard InChI is InChI=1S/C21H26N2O5S2/c1-3-4-8-15-13-17-21(30(26,27)22-15)20(28-12-11-19(24)25)18(29-2)14-23(17)16-9-6-5-7-10-16/h5-7,9-12,14-15,17,22H,3-4,8,13H2,1-2H3,(H,24,25)/b12-11+. The van der Waals surface area contributed by atoms with Crippen LogP contribution in [0.15, 0.2) is 64.4 Å². The number of anilines is 1. The molecule has 3 rings (SSSR count). The van der Waals surface area contributed by atoms with E-state index in [1.165, 1.54) is 11.8 Å². The van der Waals surface area contributed by atoms with Gasteiger partial charge in [-0.1, -0.05) is 38.0 Å². The van der Waals surface area contributed by atoms with Crippen molar-refractivity contribution in [2.45, 2.75) is 44.7 Å². The summed E-state index contributed by atoms with van der Waals surface area (Å²) in [5.41, 5.74) is 0.887. The smallest absolute Gasteiger partial charge is 0.331 e. The Morgan fingerprint density at radius 1 is 1.37 bits per heavy atom. The Bertz CT molecular complexity index is 970. The number of rotatable bonds is 8. The van der Waals surface area contributed by atoms with Gasteiger partial charge in [0, 0.05) is 17.9 Å². The van der Waals surface area contributed by atoms with Gasteiger partial charge in [-0.15, -0.1) is 11.8 Å². The third kappa shape index (κ3) is 4.91. The Balaban J connectivity index is 2.10. The molecule has 1 aromatic rings. The summed E-state index contributed by atoms with van der Waals surface area (Å²) in [4.78, 5) is 13.6. The molecule has 162 valence electrons. The number of para-hydroxylation sites is 1. The molecule has 1 aromatic carbocycles. The second-order valence-electron chi connectivity index (χ2n) is 7.10. The average Bonchev–Trinajstić information content (AvgIpc) is 2.71. The van der Waals surface area contributed by atoms with Crippen LogP contribution >= 0.6 is 11.8 Å². The van der Waals surface area contributed by atoms with Crippen LogP contribution in [0.25, 0.3) is 0 Å². The minimum Gasteiger partial charge on any atom is -0.478 e. The largest absolute Gasteiger partial charge is 0.478 e. The van der Waals surface area contributed by atoms with Crippen LogP contribution in [0.5, 0.6) is 0 Å². The molecule has 2 N–H and O–H groups in total. The number of carboxylic acids is 1. The van der Waals surface area contributed by atoms with Crippen molar-refractivity contribution in [3.05, 3.63) is 64.4 Å². The van der Waals surface area contributed by atoms with Gasteiger partial charge in [-0.25, -0.2) is 17.9 Å². The lowest BCUT2D eigenvalue weighted by Gasteiger charge is -2.42. The van der Waals surface area contributed by atoms with Gasteiger partial charge in [-0.3, -0.25) is 0 Å². The number of hydrogen-bond donors (Lipinski definition) is 2. The van der Waals surface area contributed by atoms with E-state index in [1.54, 1.807) is 0 Å². The van der Waals surface area contributed by atoms with E-state index in [9.17, 15) is 13.2 Å². The number of carbonyl (C=O) groups is 1. The molecule has 0 amide bonds. The Hall–Kier alpha value is -2.23. The van der Waals surface area contributed by atoms with Crippen molar-refractivity contribution in [1.29, 1.82) is 0 Å². The summed E-state index contributed by atoms with van der Waals surface area (Å²) in [6, 6.07) is 9.02. The van der Waals surface area contributed by atoms with Gasteiger partial charge in [-0.05, 0) is 31.2 Å². The van der Waals surface area contributed by atoms with Gasteiger partial charge >= 0.3 is 5.97 Å². The van der Waals surface area contributed by atoms with Gasteiger partial charge in [0.1, 0.15) is 4.91 Å². The van der Waals surface area contributed by atoms with Crippen LogP contribution in [0.2, 0.25) is 0 Å². The Labute approximate surface area is 181 Å². The van der Waals surface area contributed by atoms with Crippen LogP contribution in [-0.2, 0) is 19.6 Å². The molecule has 1 saturated heterocycles. The zero-order valence-electron chi connectivity index (χ0n) is 16.9. The molecular weight excluding hydrogens is 424 g/mol. The highest BCUT2D eigenvalue weighted by Crippen LogP contribution is 2.42. The van der Waals surface area contributed by atoms with E-state index in [2.05, 4.69) is 11.6 Å². The highest BCUT2D eigenvalue weighted by molar-refractivity contribution is 8.02. The zero-order chi connectivity index (χ0) is 21.7. The number of carboxylic acid groups (broad SMARTS) is 1.